The summed E-state index contributed by atoms with van der Waals surface area (Å²) in [4.78, 5) is 0. The Morgan fingerprint density at radius 2 is 1.79 bits per heavy atom. The Labute approximate surface area is 119 Å². The highest BCUT2D eigenvalue weighted by molar-refractivity contribution is 6.33. The minimum atomic E-state index is 0.557. The summed E-state index contributed by atoms with van der Waals surface area (Å²) in [7, 11) is 0. The van der Waals surface area contributed by atoms with Gasteiger partial charge < -0.3 is 11.1 Å². The fraction of sp³-hybridized carbons (Fsp3) is 0.250. The van der Waals surface area contributed by atoms with Crippen molar-refractivity contribution >= 4 is 23.0 Å². The fourth-order valence-electron chi connectivity index (χ4n) is 1.94. The number of benzene rings is 2. The maximum Gasteiger partial charge on any atom is 0.0765 e. The molecular weight excluding hydrogens is 256 g/mol. The molecule has 3 N–H and O–H groups in total. The number of nitrogens with two attached hydrogens (primary N) is 1. The standard InChI is InChI=1S/C16H19ClN2/c1-11(2)13-8-6-12(7-9-13)10-19-16-14(17)4-3-5-15(16)18/h3-9,11,19H,10,18H2,1-2H3. The molecule has 2 aromatic rings. The Bertz CT molecular complexity index is 527. The van der Waals surface area contributed by atoms with Crippen LogP contribution in [0.1, 0.15) is 30.9 Å². The average molecular weight is 275 g/mol. The van der Waals surface area contributed by atoms with E-state index in [1.165, 1.54) is 11.1 Å². The van der Waals surface area contributed by atoms with Gasteiger partial charge in [-0.2, -0.15) is 0 Å². The normalized spacial score (nSPS) is 10.7. The van der Waals surface area contributed by atoms with Gasteiger partial charge in [0.05, 0.1) is 16.4 Å². The first kappa shape index (κ1) is 13.8. The minimum Gasteiger partial charge on any atom is -0.397 e. The summed E-state index contributed by atoms with van der Waals surface area (Å²) in [5.41, 5.74) is 9.94. The molecule has 0 spiro atoms. The molecule has 19 heavy (non-hydrogen) atoms. The molecule has 0 unspecified atom stereocenters. The van der Waals surface area contributed by atoms with Gasteiger partial charge in [0, 0.05) is 6.54 Å². The third-order valence-corrected chi connectivity index (χ3v) is 3.48. The van der Waals surface area contributed by atoms with E-state index in [4.69, 9.17) is 17.3 Å². The van der Waals surface area contributed by atoms with Crippen LogP contribution in [0.25, 0.3) is 0 Å². The second-order valence-corrected chi connectivity index (χ2v) is 5.36. The first-order valence-corrected chi connectivity index (χ1v) is 6.82. The van der Waals surface area contributed by atoms with E-state index < -0.39 is 0 Å². The zero-order chi connectivity index (χ0) is 13.8. The minimum absolute atomic E-state index is 0.557. The smallest absolute Gasteiger partial charge is 0.0765 e. The molecule has 2 nitrogen and oxygen atoms in total. The van der Waals surface area contributed by atoms with Gasteiger partial charge in [0.15, 0.2) is 0 Å². The summed E-state index contributed by atoms with van der Waals surface area (Å²) in [5, 5.41) is 3.94. The van der Waals surface area contributed by atoms with Crippen LogP contribution in [0, 0.1) is 0 Å². The molecule has 0 saturated carbocycles. The number of nitrogen functional groups attached to an aromatic ring is 1. The first-order chi connectivity index (χ1) is 9.08. The predicted molar refractivity (Wildman–Crippen MR) is 83.7 cm³/mol. The van der Waals surface area contributed by atoms with Crippen molar-refractivity contribution in [2.24, 2.45) is 0 Å². The summed E-state index contributed by atoms with van der Waals surface area (Å²) in [6, 6.07) is 14.1. The van der Waals surface area contributed by atoms with Crippen LogP contribution in [0.3, 0.4) is 0 Å². The number of halogens is 1. The Kier molecular flexibility index (Phi) is 4.33. The number of para-hydroxylation sites is 1. The van der Waals surface area contributed by atoms with Crippen molar-refractivity contribution in [3.63, 3.8) is 0 Å². The lowest BCUT2D eigenvalue weighted by Gasteiger charge is -2.12. The maximum atomic E-state index is 6.12. The highest BCUT2D eigenvalue weighted by atomic mass is 35.5. The summed E-state index contributed by atoms with van der Waals surface area (Å²) in [6.45, 7) is 5.10. The number of hydrogen-bond acceptors (Lipinski definition) is 2. The van der Waals surface area contributed by atoms with Crippen molar-refractivity contribution < 1.29 is 0 Å². The second kappa shape index (κ2) is 5.98. The third-order valence-electron chi connectivity index (χ3n) is 3.16. The molecule has 0 radical (unpaired) electrons. The van der Waals surface area contributed by atoms with Crippen molar-refractivity contribution in [3.8, 4) is 0 Å². The Morgan fingerprint density at radius 1 is 1.11 bits per heavy atom. The molecule has 0 aliphatic rings. The Morgan fingerprint density at radius 3 is 2.37 bits per heavy atom. The van der Waals surface area contributed by atoms with E-state index in [0.717, 1.165) is 5.69 Å². The molecule has 2 aromatic carbocycles. The Hall–Kier alpha value is -1.67. The van der Waals surface area contributed by atoms with Gasteiger partial charge >= 0.3 is 0 Å². The van der Waals surface area contributed by atoms with Gasteiger partial charge in [-0.15, -0.1) is 0 Å². The lowest BCUT2D eigenvalue weighted by Crippen LogP contribution is -2.03. The molecule has 0 heterocycles. The number of hydrogen-bond donors (Lipinski definition) is 2. The van der Waals surface area contributed by atoms with Gasteiger partial charge in [0.25, 0.3) is 0 Å². The van der Waals surface area contributed by atoms with E-state index in [0.29, 0.717) is 23.2 Å². The maximum absolute atomic E-state index is 6.12. The van der Waals surface area contributed by atoms with Crippen LogP contribution in [0.4, 0.5) is 11.4 Å². The van der Waals surface area contributed by atoms with Gasteiger partial charge in [-0.1, -0.05) is 55.8 Å². The van der Waals surface area contributed by atoms with Crippen LogP contribution in [-0.2, 0) is 6.54 Å². The van der Waals surface area contributed by atoms with E-state index >= 15 is 0 Å². The molecule has 0 aromatic heterocycles. The van der Waals surface area contributed by atoms with E-state index in [-0.39, 0.29) is 0 Å². The number of anilines is 2. The molecule has 0 aliphatic carbocycles. The molecule has 0 saturated heterocycles. The number of rotatable bonds is 4. The van der Waals surface area contributed by atoms with Crippen molar-refractivity contribution in [2.45, 2.75) is 26.3 Å². The Balaban J connectivity index is 2.06. The predicted octanol–water partition coefficient (Wildman–Crippen LogP) is 4.66. The quantitative estimate of drug-likeness (QED) is 0.796. The van der Waals surface area contributed by atoms with Crippen molar-refractivity contribution in [1.82, 2.24) is 0 Å². The molecule has 3 heteroatoms. The molecule has 2 rings (SSSR count). The first-order valence-electron chi connectivity index (χ1n) is 6.44. The topological polar surface area (TPSA) is 38.0 Å². The average Bonchev–Trinajstić information content (AvgIpc) is 2.38. The van der Waals surface area contributed by atoms with Crippen LogP contribution >= 0.6 is 11.6 Å². The molecular formula is C16H19ClN2. The molecule has 0 aliphatic heterocycles. The zero-order valence-electron chi connectivity index (χ0n) is 11.3. The van der Waals surface area contributed by atoms with E-state index in [9.17, 15) is 0 Å². The van der Waals surface area contributed by atoms with Crippen LogP contribution in [0.15, 0.2) is 42.5 Å². The summed E-state index contributed by atoms with van der Waals surface area (Å²) in [6.07, 6.45) is 0. The lowest BCUT2D eigenvalue weighted by molar-refractivity contribution is 0.865. The fourth-order valence-corrected chi connectivity index (χ4v) is 2.19. The zero-order valence-corrected chi connectivity index (χ0v) is 12.0. The molecule has 100 valence electrons. The summed E-state index contributed by atoms with van der Waals surface area (Å²) < 4.78 is 0. The van der Waals surface area contributed by atoms with Gasteiger partial charge in [-0.05, 0) is 29.2 Å². The van der Waals surface area contributed by atoms with Crippen molar-refractivity contribution in [1.29, 1.82) is 0 Å². The van der Waals surface area contributed by atoms with Gasteiger partial charge in [-0.25, -0.2) is 0 Å². The van der Waals surface area contributed by atoms with Crippen LogP contribution in [-0.4, -0.2) is 0 Å². The molecule has 0 atom stereocenters. The van der Waals surface area contributed by atoms with Crippen molar-refractivity contribution in [2.75, 3.05) is 11.1 Å². The summed E-state index contributed by atoms with van der Waals surface area (Å²) in [5.74, 6) is 0.557. The summed E-state index contributed by atoms with van der Waals surface area (Å²) >= 11 is 6.12. The van der Waals surface area contributed by atoms with Crippen LogP contribution < -0.4 is 11.1 Å². The lowest BCUT2D eigenvalue weighted by atomic mass is 10.0. The SMILES string of the molecule is CC(C)c1ccc(CNc2c(N)cccc2Cl)cc1. The van der Waals surface area contributed by atoms with Crippen molar-refractivity contribution in [3.05, 3.63) is 58.6 Å². The highest BCUT2D eigenvalue weighted by Crippen LogP contribution is 2.28. The molecule has 0 fully saturated rings. The molecule has 0 bridgehead atoms. The van der Waals surface area contributed by atoms with E-state index in [2.05, 4.69) is 43.4 Å². The van der Waals surface area contributed by atoms with E-state index in [1.807, 2.05) is 18.2 Å². The van der Waals surface area contributed by atoms with Gasteiger partial charge in [-0.3, -0.25) is 0 Å². The van der Waals surface area contributed by atoms with Gasteiger partial charge in [0.2, 0.25) is 0 Å². The highest BCUT2D eigenvalue weighted by Gasteiger charge is 2.04. The monoisotopic (exact) mass is 274 g/mol. The van der Waals surface area contributed by atoms with Gasteiger partial charge in [0.1, 0.15) is 0 Å². The number of nitrogens with one attached hydrogen (secondary N) is 1. The largest absolute Gasteiger partial charge is 0.397 e. The third kappa shape index (κ3) is 3.42. The van der Waals surface area contributed by atoms with E-state index in [1.54, 1.807) is 0 Å². The van der Waals surface area contributed by atoms with Crippen LogP contribution in [0.2, 0.25) is 5.02 Å². The molecule has 0 amide bonds. The second-order valence-electron chi connectivity index (χ2n) is 4.95. The van der Waals surface area contributed by atoms with Crippen LogP contribution in [0.5, 0.6) is 0 Å².